The molecule has 0 unspecified atom stereocenters. The fourth-order valence-corrected chi connectivity index (χ4v) is 5.61. The van der Waals surface area contributed by atoms with Gasteiger partial charge in [-0.25, -0.2) is 4.79 Å². The minimum Gasteiger partial charge on any atom is -0.376 e. The first-order valence-electron chi connectivity index (χ1n) is 14.1. The van der Waals surface area contributed by atoms with Gasteiger partial charge < -0.3 is 9.30 Å². The lowest BCUT2D eigenvalue weighted by Gasteiger charge is -2.33. The number of aryl methyl sites for hydroxylation is 1. The summed E-state index contributed by atoms with van der Waals surface area (Å²) in [5, 5.41) is 8.37. The average Bonchev–Trinajstić information content (AvgIpc) is 3.47. The van der Waals surface area contributed by atoms with E-state index in [9.17, 15) is 18.0 Å². The quantitative estimate of drug-likeness (QED) is 0.362. The van der Waals surface area contributed by atoms with E-state index in [1.807, 2.05) is 23.7 Å². The Morgan fingerprint density at radius 1 is 1.23 bits per heavy atom. The number of pyridine rings is 1. The Balaban J connectivity index is 1.47. The van der Waals surface area contributed by atoms with Crippen molar-refractivity contribution in [1.82, 2.24) is 28.6 Å². The SMILES string of the molecule is [2H]C([2H])(c1cc(C(F)(F)F)c2cn(-c3cccc([C@H](c4nncn4C)C4CCC4)c3)c(=O)n2c1)N1CCO[C@H](C)C1. The number of aromatic nitrogens is 5. The van der Waals surface area contributed by atoms with Crippen molar-refractivity contribution < 1.29 is 20.6 Å². The summed E-state index contributed by atoms with van der Waals surface area (Å²) in [6.45, 7) is 0.221. The molecule has 0 N–H and O–H groups in total. The van der Waals surface area contributed by atoms with Crippen molar-refractivity contribution in [2.75, 3.05) is 19.7 Å². The number of imidazole rings is 1. The van der Waals surface area contributed by atoms with E-state index in [2.05, 4.69) is 10.2 Å². The van der Waals surface area contributed by atoms with Crippen molar-refractivity contribution in [2.24, 2.45) is 13.0 Å². The molecule has 0 amide bonds. The predicted octanol–water partition coefficient (Wildman–Crippen LogP) is 4.39. The van der Waals surface area contributed by atoms with Gasteiger partial charge in [0.25, 0.3) is 0 Å². The third-order valence-electron chi connectivity index (χ3n) is 7.75. The molecule has 4 aromatic rings. The highest BCUT2D eigenvalue weighted by Crippen LogP contribution is 2.43. The summed E-state index contributed by atoms with van der Waals surface area (Å²) in [6.07, 6.45) is 2.09. The molecule has 1 aliphatic carbocycles. The maximum atomic E-state index is 14.3. The molecule has 6 rings (SSSR count). The second-order valence-electron chi connectivity index (χ2n) is 10.5. The van der Waals surface area contributed by atoms with Crippen molar-refractivity contribution >= 4 is 5.52 Å². The van der Waals surface area contributed by atoms with Crippen LogP contribution in [-0.2, 0) is 24.5 Å². The van der Waals surface area contributed by atoms with Crippen molar-refractivity contribution in [3.63, 3.8) is 0 Å². The number of morpholine rings is 1. The van der Waals surface area contributed by atoms with Gasteiger partial charge in [-0.1, -0.05) is 18.6 Å². The lowest BCUT2D eigenvalue weighted by molar-refractivity contribution is -0.136. The number of hydrogen-bond donors (Lipinski definition) is 0. The smallest absolute Gasteiger partial charge is 0.376 e. The van der Waals surface area contributed by atoms with Crippen molar-refractivity contribution in [1.29, 1.82) is 0 Å². The first-order valence-corrected chi connectivity index (χ1v) is 13.1. The van der Waals surface area contributed by atoms with Crippen LogP contribution in [0.3, 0.4) is 0 Å². The first kappa shape index (κ1) is 23.4. The number of fused-ring (bicyclic) bond motifs is 1. The van der Waals surface area contributed by atoms with Gasteiger partial charge in [-0.3, -0.25) is 13.9 Å². The minimum absolute atomic E-state index is 0.0653. The second kappa shape index (κ2) is 9.95. The van der Waals surface area contributed by atoms with E-state index in [1.54, 1.807) is 25.4 Å². The van der Waals surface area contributed by atoms with Crippen LogP contribution < -0.4 is 5.69 Å². The first-order chi connectivity index (χ1) is 19.4. The summed E-state index contributed by atoms with van der Waals surface area (Å²) in [7, 11) is 1.88. The molecule has 2 fully saturated rings. The molecule has 1 aliphatic heterocycles. The van der Waals surface area contributed by atoms with Crippen LogP contribution >= 0.6 is 0 Å². The molecule has 0 bridgehead atoms. The van der Waals surface area contributed by atoms with Crippen LogP contribution in [0.2, 0.25) is 0 Å². The zero-order chi connectivity index (χ0) is 29.1. The molecule has 3 aromatic heterocycles. The third kappa shape index (κ3) is 4.89. The molecule has 2 atom stereocenters. The number of halogens is 3. The maximum absolute atomic E-state index is 14.3. The van der Waals surface area contributed by atoms with Crippen molar-refractivity contribution in [3.05, 3.63) is 82.1 Å². The molecule has 4 heterocycles. The molecule has 2 aliphatic rings. The van der Waals surface area contributed by atoms with Crippen LogP contribution in [0.25, 0.3) is 11.2 Å². The fourth-order valence-electron chi connectivity index (χ4n) is 5.61. The summed E-state index contributed by atoms with van der Waals surface area (Å²) in [6, 6.07) is 8.05. The molecular weight excluding hydrogens is 509 g/mol. The van der Waals surface area contributed by atoms with E-state index >= 15 is 0 Å². The average molecular weight is 543 g/mol. The number of hydrogen-bond acceptors (Lipinski definition) is 5. The second-order valence-corrected chi connectivity index (χ2v) is 10.5. The highest BCUT2D eigenvalue weighted by atomic mass is 19.4. The molecule has 0 spiro atoms. The van der Waals surface area contributed by atoms with Crippen LogP contribution in [-0.4, -0.2) is 54.4 Å². The standard InChI is InChI=1S/C28H31F3N6O2/c1-18-13-35(9-10-39-18)14-19-11-23(28(29,30)31)24-16-36(27(38)37(24)15-19)22-8-4-7-21(12-22)25(20-5-3-6-20)26-33-32-17-34(26)2/h4,7-8,11-12,15-18,20,25H,3,5-6,9-10,13-14H2,1-2H3/t18-,25-/m1/s1/i14D2. The fraction of sp³-hybridized carbons (Fsp3) is 0.464. The summed E-state index contributed by atoms with van der Waals surface area (Å²) in [5.41, 5.74) is -1.05. The van der Waals surface area contributed by atoms with Crippen LogP contribution in [0.5, 0.6) is 0 Å². The lowest BCUT2D eigenvalue weighted by atomic mass is 9.72. The summed E-state index contributed by atoms with van der Waals surface area (Å²) in [4.78, 5) is 15.1. The van der Waals surface area contributed by atoms with E-state index in [-0.39, 0.29) is 42.8 Å². The minimum atomic E-state index is -4.81. The largest absolute Gasteiger partial charge is 0.418 e. The monoisotopic (exact) mass is 542 g/mol. The van der Waals surface area contributed by atoms with Crippen molar-refractivity contribution in [3.8, 4) is 5.69 Å². The number of alkyl halides is 3. The summed E-state index contributed by atoms with van der Waals surface area (Å²) < 4.78 is 69.9. The van der Waals surface area contributed by atoms with E-state index in [4.69, 9.17) is 7.48 Å². The number of rotatable bonds is 6. The third-order valence-corrected chi connectivity index (χ3v) is 7.75. The van der Waals surface area contributed by atoms with Crippen LogP contribution in [0, 0.1) is 5.92 Å². The highest BCUT2D eigenvalue weighted by molar-refractivity contribution is 5.58. The molecule has 206 valence electrons. The van der Waals surface area contributed by atoms with Gasteiger partial charge in [-0.05, 0) is 55.0 Å². The van der Waals surface area contributed by atoms with Gasteiger partial charge in [0, 0.05) is 47.7 Å². The number of benzene rings is 1. The van der Waals surface area contributed by atoms with Gasteiger partial charge in [-0.2, -0.15) is 13.2 Å². The Kier molecular flexibility index (Phi) is 5.98. The highest BCUT2D eigenvalue weighted by Gasteiger charge is 2.35. The molecule has 11 heteroatoms. The topological polar surface area (TPSA) is 69.6 Å². The Morgan fingerprint density at radius 3 is 2.72 bits per heavy atom. The molecule has 0 radical (unpaired) electrons. The van der Waals surface area contributed by atoms with Crippen LogP contribution in [0.15, 0.2) is 53.8 Å². The predicted molar refractivity (Wildman–Crippen MR) is 139 cm³/mol. The van der Waals surface area contributed by atoms with Gasteiger partial charge in [0.05, 0.1) is 29.5 Å². The van der Waals surface area contributed by atoms with E-state index in [0.717, 1.165) is 41.1 Å². The Morgan fingerprint density at radius 2 is 2.05 bits per heavy atom. The molecule has 1 aromatic carbocycles. The van der Waals surface area contributed by atoms with Gasteiger partial charge in [0.1, 0.15) is 12.2 Å². The summed E-state index contributed by atoms with van der Waals surface area (Å²) >= 11 is 0. The Labute approximate surface area is 226 Å². The van der Waals surface area contributed by atoms with E-state index in [1.165, 1.54) is 21.9 Å². The van der Waals surface area contributed by atoms with Gasteiger partial charge in [-0.15, -0.1) is 10.2 Å². The molecule has 39 heavy (non-hydrogen) atoms. The molecular formula is C28H31F3N6O2. The van der Waals surface area contributed by atoms with E-state index < -0.39 is 23.9 Å². The molecule has 1 saturated carbocycles. The number of nitrogens with zero attached hydrogens (tertiary/aromatic N) is 6. The van der Waals surface area contributed by atoms with Gasteiger partial charge in [0.15, 0.2) is 0 Å². The molecule has 8 nitrogen and oxygen atoms in total. The zero-order valence-electron chi connectivity index (χ0n) is 23.7. The van der Waals surface area contributed by atoms with Gasteiger partial charge >= 0.3 is 11.9 Å². The number of ether oxygens (including phenoxy) is 1. The van der Waals surface area contributed by atoms with Gasteiger partial charge in [0.2, 0.25) is 0 Å². The summed E-state index contributed by atoms with van der Waals surface area (Å²) in [5.74, 6) is 1.08. The Hall–Kier alpha value is -3.44. The Bertz CT molecular complexity index is 1640. The zero-order valence-corrected chi connectivity index (χ0v) is 21.7. The normalized spacial score (nSPS) is 21.0. The van der Waals surface area contributed by atoms with Crippen LogP contribution in [0.4, 0.5) is 13.2 Å². The van der Waals surface area contributed by atoms with Crippen molar-refractivity contribution in [2.45, 2.75) is 50.9 Å². The maximum Gasteiger partial charge on any atom is 0.418 e. The lowest BCUT2D eigenvalue weighted by Crippen LogP contribution is -2.40. The van der Waals surface area contributed by atoms with Crippen LogP contribution in [0.1, 0.15) is 57.4 Å². The molecule has 1 saturated heterocycles. The van der Waals surface area contributed by atoms with E-state index in [0.29, 0.717) is 11.6 Å².